The predicted octanol–water partition coefficient (Wildman–Crippen LogP) is 2.20. The van der Waals surface area contributed by atoms with Crippen molar-refractivity contribution >= 4 is 5.96 Å². The Hall–Kier alpha value is -2.41. The van der Waals surface area contributed by atoms with E-state index >= 15 is 0 Å². The van der Waals surface area contributed by atoms with Gasteiger partial charge in [0.1, 0.15) is 0 Å². The van der Waals surface area contributed by atoms with Gasteiger partial charge in [0.05, 0.1) is 6.54 Å². The van der Waals surface area contributed by atoms with Crippen molar-refractivity contribution in [1.82, 2.24) is 30.3 Å². The summed E-state index contributed by atoms with van der Waals surface area (Å²) >= 11 is 0. The Morgan fingerprint density at radius 1 is 1.26 bits per heavy atom. The first-order valence-electron chi connectivity index (χ1n) is 10.0. The van der Waals surface area contributed by atoms with E-state index in [4.69, 9.17) is 4.99 Å². The van der Waals surface area contributed by atoms with Crippen molar-refractivity contribution in [2.24, 2.45) is 4.99 Å². The van der Waals surface area contributed by atoms with E-state index in [-0.39, 0.29) is 0 Å². The van der Waals surface area contributed by atoms with Gasteiger partial charge in [-0.15, -0.1) is 0 Å². The third-order valence-electron chi connectivity index (χ3n) is 4.78. The third kappa shape index (κ3) is 5.79. The molecule has 2 aromatic rings. The zero-order valence-corrected chi connectivity index (χ0v) is 16.4. The molecule has 0 amide bonds. The first-order chi connectivity index (χ1) is 13.3. The van der Waals surface area contributed by atoms with Crippen LogP contribution in [-0.4, -0.2) is 57.8 Å². The Kier molecular flexibility index (Phi) is 7.21. The molecule has 7 heteroatoms. The van der Waals surface area contributed by atoms with Crippen molar-refractivity contribution in [2.75, 3.05) is 26.2 Å². The maximum Gasteiger partial charge on any atom is 0.191 e. The number of aromatic nitrogens is 3. The van der Waals surface area contributed by atoms with E-state index in [9.17, 15) is 0 Å². The molecule has 2 N–H and O–H groups in total. The van der Waals surface area contributed by atoms with Crippen LogP contribution in [-0.2, 0) is 6.54 Å². The lowest BCUT2D eigenvalue weighted by molar-refractivity contribution is 0.206. The molecule has 0 aromatic carbocycles. The number of rotatable bonds is 7. The average molecular weight is 370 g/mol. The highest BCUT2D eigenvalue weighted by atomic mass is 15.3. The molecule has 1 aliphatic rings. The second-order valence-electron chi connectivity index (χ2n) is 6.93. The summed E-state index contributed by atoms with van der Waals surface area (Å²) in [6.45, 7) is 9.36. The zero-order chi connectivity index (χ0) is 18.9. The van der Waals surface area contributed by atoms with Crippen LogP contribution in [0, 0.1) is 0 Å². The number of guanidine groups is 1. The molecule has 0 bridgehead atoms. The summed E-state index contributed by atoms with van der Waals surface area (Å²) in [5.74, 6) is 1.71. The molecule has 146 valence electrons. The van der Waals surface area contributed by atoms with Gasteiger partial charge in [-0.25, -0.2) is 14.7 Å². The number of aliphatic imine (C=N–C) groups is 1. The van der Waals surface area contributed by atoms with Crippen molar-refractivity contribution in [3.8, 4) is 5.82 Å². The van der Waals surface area contributed by atoms with Crippen molar-refractivity contribution in [3.63, 3.8) is 0 Å². The molecular formula is C20H31N7. The van der Waals surface area contributed by atoms with Gasteiger partial charge in [0.25, 0.3) is 0 Å². The molecule has 3 rings (SSSR count). The summed E-state index contributed by atoms with van der Waals surface area (Å²) in [5, 5.41) is 11.2. The Labute approximate surface area is 161 Å². The van der Waals surface area contributed by atoms with Gasteiger partial charge in [0.2, 0.25) is 0 Å². The molecule has 3 heterocycles. The van der Waals surface area contributed by atoms with Crippen LogP contribution >= 0.6 is 0 Å². The van der Waals surface area contributed by atoms with E-state index in [1.165, 1.54) is 38.9 Å². The summed E-state index contributed by atoms with van der Waals surface area (Å²) in [6.07, 6.45) is 9.03. The monoisotopic (exact) mass is 369 g/mol. The van der Waals surface area contributed by atoms with E-state index in [1.807, 2.05) is 30.6 Å². The molecule has 1 saturated heterocycles. The average Bonchev–Trinajstić information content (AvgIpc) is 3.23. The van der Waals surface area contributed by atoms with Crippen molar-refractivity contribution in [3.05, 3.63) is 42.4 Å². The van der Waals surface area contributed by atoms with Crippen LogP contribution < -0.4 is 10.6 Å². The van der Waals surface area contributed by atoms with Crippen LogP contribution in [0.3, 0.4) is 0 Å². The number of hydrogen-bond acceptors (Lipinski definition) is 4. The molecule has 0 saturated carbocycles. The van der Waals surface area contributed by atoms with Gasteiger partial charge in [-0.2, -0.15) is 5.10 Å². The molecule has 1 fully saturated rings. The van der Waals surface area contributed by atoms with Gasteiger partial charge < -0.3 is 15.5 Å². The van der Waals surface area contributed by atoms with Crippen LogP contribution in [0.1, 0.15) is 38.7 Å². The fraction of sp³-hybridized carbons (Fsp3) is 0.550. The highest BCUT2D eigenvalue weighted by molar-refractivity contribution is 5.80. The lowest BCUT2D eigenvalue weighted by Gasteiger charge is -2.32. The fourth-order valence-electron chi connectivity index (χ4n) is 3.39. The number of pyridine rings is 1. The predicted molar refractivity (Wildman–Crippen MR) is 109 cm³/mol. The molecule has 27 heavy (non-hydrogen) atoms. The number of nitrogens with one attached hydrogen (secondary N) is 2. The van der Waals surface area contributed by atoms with E-state index in [2.05, 4.69) is 39.5 Å². The van der Waals surface area contributed by atoms with E-state index < -0.39 is 0 Å². The van der Waals surface area contributed by atoms with Gasteiger partial charge >= 0.3 is 0 Å². The lowest BCUT2D eigenvalue weighted by atomic mass is 10.1. The molecule has 2 aromatic heterocycles. The van der Waals surface area contributed by atoms with Gasteiger partial charge in [0, 0.05) is 44.3 Å². The van der Waals surface area contributed by atoms with Crippen molar-refractivity contribution < 1.29 is 0 Å². The minimum Gasteiger partial charge on any atom is -0.357 e. The summed E-state index contributed by atoms with van der Waals surface area (Å²) in [6, 6.07) is 6.42. The maximum atomic E-state index is 4.78. The third-order valence-corrected chi connectivity index (χ3v) is 4.78. The molecule has 1 aliphatic heterocycles. The second kappa shape index (κ2) is 10.1. The summed E-state index contributed by atoms with van der Waals surface area (Å²) < 4.78 is 1.76. The second-order valence-corrected chi connectivity index (χ2v) is 6.93. The molecule has 7 nitrogen and oxygen atoms in total. The van der Waals surface area contributed by atoms with E-state index in [0.717, 1.165) is 23.9 Å². The highest BCUT2D eigenvalue weighted by Crippen LogP contribution is 2.11. The first-order valence-corrected chi connectivity index (χ1v) is 10.0. The minimum absolute atomic E-state index is 0.494. The van der Waals surface area contributed by atoms with Gasteiger partial charge in [-0.1, -0.05) is 6.92 Å². The van der Waals surface area contributed by atoms with Crippen LogP contribution in [0.15, 0.2) is 41.8 Å². The topological polar surface area (TPSA) is 70.4 Å². The standard InChI is InChI=1S/C20H31N7/c1-3-11-26-13-7-18(8-14-26)25-20(21-4-2)23-16-17-6-10-22-19(15-17)27-12-5-9-24-27/h5-6,9-10,12,15,18H,3-4,7-8,11,13-14,16H2,1-2H3,(H2,21,23,25). The minimum atomic E-state index is 0.494. The van der Waals surface area contributed by atoms with Crippen LogP contribution in [0.4, 0.5) is 0 Å². The normalized spacial score (nSPS) is 16.4. The first kappa shape index (κ1) is 19.4. The van der Waals surface area contributed by atoms with Crippen molar-refractivity contribution in [2.45, 2.75) is 45.7 Å². The Morgan fingerprint density at radius 3 is 2.81 bits per heavy atom. The quantitative estimate of drug-likeness (QED) is 0.578. The number of nitrogens with zero attached hydrogens (tertiary/aromatic N) is 5. The molecule has 0 atom stereocenters. The molecule has 0 radical (unpaired) electrons. The van der Waals surface area contributed by atoms with Gasteiger partial charge in [0.15, 0.2) is 11.8 Å². The maximum absolute atomic E-state index is 4.78. The van der Waals surface area contributed by atoms with Crippen LogP contribution in [0.2, 0.25) is 0 Å². The zero-order valence-electron chi connectivity index (χ0n) is 16.4. The Balaban J connectivity index is 1.58. The van der Waals surface area contributed by atoms with E-state index in [1.54, 1.807) is 10.9 Å². The Bertz CT molecular complexity index is 703. The largest absolute Gasteiger partial charge is 0.357 e. The van der Waals surface area contributed by atoms with Crippen LogP contribution in [0.25, 0.3) is 5.82 Å². The Morgan fingerprint density at radius 2 is 2.11 bits per heavy atom. The van der Waals surface area contributed by atoms with Crippen LogP contribution in [0.5, 0.6) is 0 Å². The van der Waals surface area contributed by atoms with Crippen molar-refractivity contribution in [1.29, 1.82) is 0 Å². The van der Waals surface area contributed by atoms with Gasteiger partial charge in [-0.3, -0.25) is 0 Å². The summed E-state index contributed by atoms with van der Waals surface area (Å²) in [4.78, 5) is 11.7. The van der Waals surface area contributed by atoms with Gasteiger partial charge in [-0.05, 0) is 56.5 Å². The summed E-state index contributed by atoms with van der Waals surface area (Å²) in [5.41, 5.74) is 1.12. The number of likely N-dealkylation sites (tertiary alicyclic amines) is 1. The smallest absolute Gasteiger partial charge is 0.191 e. The lowest BCUT2D eigenvalue weighted by Crippen LogP contribution is -2.48. The molecule has 0 spiro atoms. The summed E-state index contributed by atoms with van der Waals surface area (Å²) in [7, 11) is 0. The number of hydrogen-bond donors (Lipinski definition) is 2. The highest BCUT2D eigenvalue weighted by Gasteiger charge is 2.19. The number of piperidine rings is 1. The fourth-order valence-corrected chi connectivity index (χ4v) is 3.39. The molecule has 0 aliphatic carbocycles. The molecule has 0 unspecified atom stereocenters. The molecular weight excluding hydrogens is 338 g/mol. The van der Waals surface area contributed by atoms with E-state index in [0.29, 0.717) is 12.6 Å². The SMILES string of the molecule is CCCN1CCC(NC(=NCc2ccnc(-n3cccn3)c2)NCC)CC1.